The molecule has 2 heterocycles. The average molecular weight is 553 g/mol. The standard InChI is InChI=1S/C27H35NO.C5H11N.C3H6O.CH4.2H2/c1-19-15-23-10-6-12-26(23)27(28-18-19)24-11-5-8-21(16-24)17-25(29)14-13-22-9-4-3-7-20(22)2;1-2-4-6-5-3-1;1-3(2)4;;;/h3-4,6-7,9,12,18-19,21,23-24H,5,8,10-11,13-17H2,1-2H3;6H,1-5H2;1-2H3;1H4;2*1H/t19?,21-,23?,24?;;;;;/m1...../s1. The van der Waals surface area contributed by atoms with E-state index in [1.807, 2.05) is 0 Å². The van der Waals surface area contributed by atoms with Crippen molar-refractivity contribution in [3.63, 3.8) is 0 Å². The fraction of sp³-hybridized carbons (Fsp3) is 0.639. The lowest BCUT2D eigenvalue weighted by Gasteiger charge is -2.30. The first-order valence-corrected chi connectivity index (χ1v) is 15.5. The Balaban J connectivity index is 0.00000111. The highest BCUT2D eigenvalue weighted by Crippen LogP contribution is 2.42. The largest absolute Gasteiger partial charge is 0.317 e. The Hall–Kier alpha value is -2.33. The molecule has 2 aliphatic carbocycles. The molecule has 226 valence electrons. The Labute approximate surface area is 248 Å². The van der Waals surface area contributed by atoms with Gasteiger partial charge in [0, 0.05) is 33.5 Å². The van der Waals surface area contributed by atoms with Gasteiger partial charge in [-0.1, -0.05) is 63.6 Å². The van der Waals surface area contributed by atoms with Gasteiger partial charge in [-0.05, 0) is 120 Å². The number of aryl methyl sites for hydroxylation is 2. The predicted octanol–water partition coefficient (Wildman–Crippen LogP) is 9.12. The Morgan fingerprint density at radius 2 is 1.73 bits per heavy atom. The van der Waals surface area contributed by atoms with Crippen LogP contribution in [0, 0.1) is 30.6 Å². The third-order valence-electron chi connectivity index (χ3n) is 8.41. The molecule has 4 heteroatoms. The molecule has 0 aromatic heterocycles. The Morgan fingerprint density at radius 3 is 2.38 bits per heavy atom. The molecule has 1 N–H and O–H groups in total. The molecular weight excluding hydrogens is 492 g/mol. The van der Waals surface area contributed by atoms with Gasteiger partial charge in [0.2, 0.25) is 0 Å². The lowest BCUT2D eigenvalue weighted by atomic mass is 9.76. The summed E-state index contributed by atoms with van der Waals surface area (Å²) in [6.07, 6.45) is 20.6. The van der Waals surface area contributed by atoms with Crippen molar-refractivity contribution in [2.24, 2.45) is 28.7 Å². The lowest BCUT2D eigenvalue weighted by Crippen LogP contribution is -2.21. The quantitative estimate of drug-likeness (QED) is 0.383. The van der Waals surface area contributed by atoms with Gasteiger partial charge in [0.25, 0.3) is 0 Å². The number of allylic oxidation sites excluding steroid dienone is 4. The number of hydrogen-bond donors (Lipinski definition) is 1. The monoisotopic (exact) mass is 552 g/mol. The van der Waals surface area contributed by atoms with Crippen LogP contribution in [0.5, 0.6) is 0 Å². The number of carbonyl (C=O) groups excluding carboxylic acids is 2. The predicted molar refractivity (Wildman–Crippen MR) is 175 cm³/mol. The Kier molecular flexibility index (Phi) is 15.4. The number of nitrogens with one attached hydrogen (secondary N) is 1. The van der Waals surface area contributed by atoms with E-state index in [4.69, 9.17) is 4.99 Å². The molecule has 1 saturated carbocycles. The SMILES string of the molecule is C.C1CCNCC1.CC(C)=O.Cc1ccccc1CCC(=O)C[C@@H]1CCCC(C2=C3C=CCC3CC(C)C=N2)C1.[HH].[HH]. The first kappa shape index (κ1) is 33.9. The Bertz CT molecular complexity index is 1010. The van der Waals surface area contributed by atoms with Crippen LogP contribution in [-0.2, 0) is 16.0 Å². The van der Waals surface area contributed by atoms with Crippen molar-refractivity contribution in [3.8, 4) is 0 Å². The van der Waals surface area contributed by atoms with E-state index in [0.717, 1.165) is 19.3 Å². The molecule has 4 atom stereocenters. The highest BCUT2D eigenvalue weighted by atomic mass is 16.1. The van der Waals surface area contributed by atoms with Gasteiger partial charge in [-0.2, -0.15) is 0 Å². The van der Waals surface area contributed by atoms with E-state index in [0.29, 0.717) is 35.9 Å². The summed E-state index contributed by atoms with van der Waals surface area (Å²) in [5, 5.41) is 3.28. The first-order valence-electron chi connectivity index (χ1n) is 15.5. The average Bonchev–Trinajstić information content (AvgIpc) is 3.30. The molecule has 1 aromatic rings. The maximum atomic E-state index is 12.7. The second-order valence-corrected chi connectivity index (χ2v) is 12.3. The number of Topliss-reactive ketones (excluding diaryl/α,β-unsaturated/α-hetero) is 2. The fourth-order valence-corrected chi connectivity index (χ4v) is 6.39. The van der Waals surface area contributed by atoms with Crippen LogP contribution < -0.4 is 5.32 Å². The van der Waals surface area contributed by atoms with Crippen LogP contribution in [0.4, 0.5) is 0 Å². The van der Waals surface area contributed by atoms with E-state index in [2.05, 4.69) is 61.8 Å². The minimum atomic E-state index is 0. The number of benzene rings is 1. The van der Waals surface area contributed by atoms with E-state index in [1.54, 1.807) is 0 Å². The summed E-state index contributed by atoms with van der Waals surface area (Å²) in [5.74, 6) is 2.91. The number of hydrogen-bond acceptors (Lipinski definition) is 4. The van der Waals surface area contributed by atoms with E-state index in [1.165, 1.54) is 101 Å². The highest BCUT2D eigenvalue weighted by Gasteiger charge is 2.31. The number of rotatable bonds is 6. The molecule has 5 rings (SSSR count). The zero-order valence-corrected chi connectivity index (χ0v) is 25.0. The van der Waals surface area contributed by atoms with Crippen LogP contribution >= 0.6 is 0 Å². The van der Waals surface area contributed by atoms with Gasteiger partial charge in [0.05, 0.1) is 0 Å². The molecule has 0 bridgehead atoms. The maximum absolute atomic E-state index is 12.7. The van der Waals surface area contributed by atoms with Crippen molar-refractivity contribution >= 4 is 17.8 Å². The van der Waals surface area contributed by atoms with Crippen molar-refractivity contribution in [2.75, 3.05) is 13.1 Å². The molecule has 0 spiro atoms. The van der Waals surface area contributed by atoms with Crippen LogP contribution in [0.1, 0.15) is 113 Å². The molecule has 2 aliphatic heterocycles. The summed E-state index contributed by atoms with van der Waals surface area (Å²) in [4.78, 5) is 27.1. The smallest absolute Gasteiger partial charge is 0.133 e. The van der Waals surface area contributed by atoms with Crippen molar-refractivity contribution < 1.29 is 12.4 Å². The number of piperidine rings is 1. The van der Waals surface area contributed by atoms with Crippen LogP contribution in [0.25, 0.3) is 0 Å². The second-order valence-electron chi connectivity index (χ2n) is 12.3. The molecule has 1 saturated heterocycles. The number of ketones is 2. The zero-order valence-electron chi connectivity index (χ0n) is 25.0. The molecule has 2 fully saturated rings. The summed E-state index contributed by atoms with van der Waals surface area (Å²) in [6.45, 7) is 9.98. The number of aliphatic imine (C=N–C) groups is 1. The minimum Gasteiger partial charge on any atom is -0.317 e. The molecule has 0 radical (unpaired) electrons. The topological polar surface area (TPSA) is 58.5 Å². The van der Waals surface area contributed by atoms with Crippen molar-refractivity contribution in [3.05, 3.63) is 58.8 Å². The van der Waals surface area contributed by atoms with Crippen molar-refractivity contribution in [1.29, 1.82) is 0 Å². The normalized spacial score (nSPS) is 25.3. The maximum Gasteiger partial charge on any atom is 0.133 e. The van der Waals surface area contributed by atoms with E-state index in [-0.39, 0.29) is 16.1 Å². The molecule has 4 nitrogen and oxygen atoms in total. The molecule has 3 unspecified atom stereocenters. The van der Waals surface area contributed by atoms with Gasteiger partial charge < -0.3 is 10.1 Å². The first-order chi connectivity index (χ1) is 18.8. The summed E-state index contributed by atoms with van der Waals surface area (Å²) in [7, 11) is 0. The van der Waals surface area contributed by atoms with Gasteiger partial charge >= 0.3 is 0 Å². The van der Waals surface area contributed by atoms with Gasteiger partial charge in [-0.3, -0.25) is 9.79 Å². The highest BCUT2D eigenvalue weighted by molar-refractivity contribution is 5.79. The van der Waals surface area contributed by atoms with E-state index < -0.39 is 0 Å². The number of fused-ring (bicyclic) bond motifs is 1. The fourth-order valence-electron chi connectivity index (χ4n) is 6.39. The molecule has 0 amide bonds. The minimum absolute atomic E-state index is 0. The summed E-state index contributed by atoms with van der Waals surface area (Å²) < 4.78 is 0. The van der Waals surface area contributed by atoms with E-state index in [9.17, 15) is 9.59 Å². The van der Waals surface area contributed by atoms with Crippen LogP contribution in [0.3, 0.4) is 0 Å². The van der Waals surface area contributed by atoms with Crippen LogP contribution in [0.15, 0.2) is 52.7 Å². The summed E-state index contributed by atoms with van der Waals surface area (Å²) >= 11 is 0. The number of carbonyl (C=O) groups is 2. The van der Waals surface area contributed by atoms with Crippen molar-refractivity contribution in [1.82, 2.24) is 5.32 Å². The molecule has 4 aliphatic rings. The second kappa shape index (κ2) is 18.2. The zero-order chi connectivity index (χ0) is 28.0. The third kappa shape index (κ3) is 11.6. The summed E-state index contributed by atoms with van der Waals surface area (Å²) in [6, 6.07) is 8.44. The van der Waals surface area contributed by atoms with Gasteiger partial charge in [-0.15, -0.1) is 0 Å². The van der Waals surface area contributed by atoms with Gasteiger partial charge in [0.1, 0.15) is 11.6 Å². The Morgan fingerprint density at radius 1 is 1.00 bits per heavy atom. The molecule has 1 aromatic carbocycles. The van der Waals surface area contributed by atoms with Gasteiger partial charge in [0.15, 0.2) is 0 Å². The van der Waals surface area contributed by atoms with Crippen LogP contribution in [0.2, 0.25) is 0 Å². The van der Waals surface area contributed by atoms with E-state index >= 15 is 0 Å². The molecular formula is C36H60N2O2. The van der Waals surface area contributed by atoms with Crippen LogP contribution in [-0.4, -0.2) is 30.9 Å². The summed E-state index contributed by atoms with van der Waals surface area (Å²) in [5.41, 5.74) is 5.47. The van der Waals surface area contributed by atoms with Gasteiger partial charge in [-0.25, -0.2) is 0 Å². The lowest BCUT2D eigenvalue weighted by molar-refractivity contribution is -0.120. The third-order valence-corrected chi connectivity index (χ3v) is 8.41. The molecule has 40 heavy (non-hydrogen) atoms. The number of nitrogens with zero attached hydrogens (tertiary/aromatic N) is 1. The van der Waals surface area contributed by atoms with Crippen molar-refractivity contribution in [2.45, 2.75) is 112 Å².